The van der Waals surface area contributed by atoms with Crippen molar-refractivity contribution in [1.29, 1.82) is 0 Å². The van der Waals surface area contributed by atoms with Crippen molar-refractivity contribution in [2.45, 2.75) is 19.4 Å². The average Bonchev–Trinajstić information content (AvgIpc) is 2.88. The Morgan fingerprint density at radius 2 is 2.40 bits per heavy atom. The number of ether oxygens (including phenoxy) is 1. The van der Waals surface area contributed by atoms with E-state index in [1.165, 1.54) is 0 Å². The lowest BCUT2D eigenvalue weighted by Crippen LogP contribution is -2.33. The molecule has 3 N–H and O–H groups in total. The van der Waals surface area contributed by atoms with Crippen molar-refractivity contribution in [2.75, 3.05) is 32.1 Å². The molecule has 5 heteroatoms. The number of hydrogen-bond acceptors (Lipinski definition) is 3. The number of hydrogen-bond donors (Lipinski definition) is 2. The van der Waals surface area contributed by atoms with Gasteiger partial charge in [0.1, 0.15) is 0 Å². The monoisotopic (exact) mass is 277 g/mol. The van der Waals surface area contributed by atoms with E-state index >= 15 is 0 Å². The molecule has 1 fully saturated rings. The number of methoxy groups -OCH3 is 1. The highest BCUT2D eigenvalue weighted by atomic mass is 16.5. The van der Waals surface area contributed by atoms with Crippen molar-refractivity contribution in [3.63, 3.8) is 0 Å². The molecule has 0 spiro atoms. The van der Waals surface area contributed by atoms with Gasteiger partial charge in [-0.2, -0.15) is 0 Å². The van der Waals surface area contributed by atoms with Gasteiger partial charge in [-0.05, 0) is 31.0 Å². The first-order valence-corrected chi connectivity index (χ1v) is 7.00. The van der Waals surface area contributed by atoms with E-state index in [-0.39, 0.29) is 12.1 Å². The first kappa shape index (κ1) is 14.8. The van der Waals surface area contributed by atoms with Gasteiger partial charge in [0.15, 0.2) is 0 Å². The predicted octanol–water partition coefficient (Wildman–Crippen LogP) is 2.21. The van der Waals surface area contributed by atoms with Crippen LogP contribution in [0.3, 0.4) is 0 Å². The van der Waals surface area contributed by atoms with Crippen LogP contribution in [-0.4, -0.2) is 37.7 Å². The Morgan fingerprint density at radius 3 is 3.10 bits per heavy atom. The van der Waals surface area contributed by atoms with Gasteiger partial charge >= 0.3 is 6.03 Å². The fourth-order valence-corrected chi connectivity index (χ4v) is 2.49. The second kappa shape index (κ2) is 6.72. The average molecular weight is 277 g/mol. The third-order valence-corrected chi connectivity index (χ3v) is 3.64. The van der Waals surface area contributed by atoms with E-state index < -0.39 is 0 Å². The van der Waals surface area contributed by atoms with E-state index in [0.717, 1.165) is 30.8 Å². The van der Waals surface area contributed by atoms with Gasteiger partial charge in [-0.25, -0.2) is 4.79 Å². The molecule has 1 heterocycles. The number of carbonyl (C=O) groups is 1. The van der Waals surface area contributed by atoms with Crippen LogP contribution in [0, 0.1) is 5.92 Å². The molecule has 0 bridgehead atoms. The number of nitrogens with zero attached hydrogens (tertiary/aromatic N) is 1. The SMILES string of the molecule is COCC1CCN(C(=O)Nc2cccc(C(C)N)c2)C1. The molecule has 0 aliphatic carbocycles. The maximum Gasteiger partial charge on any atom is 0.321 e. The van der Waals surface area contributed by atoms with Gasteiger partial charge in [0.25, 0.3) is 0 Å². The molecule has 0 radical (unpaired) electrons. The molecule has 1 saturated heterocycles. The number of rotatable bonds is 4. The third-order valence-electron chi connectivity index (χ3n) is 3.64. The number of benzene rings is 1. The van der Waals surface area contributed by atoms with Crippen molar-refractivity contribution in [1.82, 2.24) is 4.90 Å². The highest BCUT2D eigenvalue weighted by molar-refractivity contribution is 5.89. The number of anilines is 1. The zero-order valence-electron chi connectivity index (χ0n) is 12.1. The number of urea groups is 1. The van der Waals surface area contributed by atoms with Crippen LogP contribution in [-0.2, 0) is 4.74 Å². The molecule has 5 nitrogen and oxygen atoms in total. The summed E-state index contributed by atoms with van der Waals surface area (Å²) in [5.41, 5.74) is 7.66. The van der Waals surface area contributed by atoms with E-state index in [2.05, 4.69) is 5.32 Å². The van der Waals surface area contributed by atoms with E-state index in [1.54, 1.807) is 7.11 Å². The summed E-state index contributed by atoms with van der Waals surface area (Å²) in [6.07, 6.45) is 1.00. The lowest BCUT2D eigenvalue weighted by Gasteiger charge is -2.18. The first-order valence-electron chi connectivity index (χ1n) is 7.00. The van der Waals surface area contributed by atoms with Crippen molar-refractivity contribution in [2.24, 2.45) is 11.7 Å². The van der Waals surface area contributed by atoms with Gasteiger partial charge in [-0.15, -0.1) is 0 Å². The second-order valence-electron chi connectivity index (χ2n) is 5.40. The van der Waals surface area contributed by atoms with Crippen LogP contribution in [0.4, 0.5) is 10.5 Å². The highest BCUT2D eigenvalue weighted by Crippen LogP contribution is 2.19. The summed E-state index contributed by atoms with van der Waals surface area (Å²) in [6.45, 7) is 4.18. The van der Waals surface area contributed by atoms with Crippen molar-refractivity contribution in [3.05, 3.63) is 29.8 Å². The smallest absolute Gasteiger partial charge is 0.321 e. The number of amides is 2. The Kier molecular flexibility index (Phi) is 4.98. The van der Waals surface area contributed by atoms with Crippen LogP contribution >= 0.6 is 0 Å². The first-order chi connectivity index (χ1) is 9.60. The Balaban J connectivity index is 1.93. The fourth-order valence-electron chi connectivity index (χ4n) is 2.49. The normalized spacial score (nSPS) is 19.9. The van der Waals surface area contributed by atoms with Crippen LogP contribution < -0.4 is 11.1 Å². The molecule has 0 aromatic heterocycles. The summed E-state index contributed by atoms with van der Waals surface area (Å²) in [7, 11) is 1.70. The quantitative estimate of drug-likeness (QED) is 0.886. The minimum atomic E-state index is -0.0505. The van der Waals surface area contributed by atoms with Gasteiger partial charge in [-0.3, -0.25) is 0 Å². The summed E-state index contributed by atoms with van der Waals surface area (Å²) in [4.78, 5) is 14.0. The maximum atomic E-state index is 12.2. The van der Waals surface area contributed by atoms with Crippen molar-refractivity contribution >= 4 is 11.7 Å². The maximum absolute atomic E-state index is 12.2. The molecule has 1 aliphatic rings. The van der Waals surface area contributed by atoms with Gasteiger partial charge in [-0.1, -0.05) is 12.1 Å². The fraction of sp³-hybridized carbons (Fsp3) is 0.533. The van der Waals surface area contributed by atoms with Gasteiger partial charge in [0.2, 0.25) is 0 Å². The third kappa shape index (κ3) is 3.71. The molecule has 1 aromatic carbocycles. The molecule has 1 aliphatic heterocycles. The Labute approximate surface area is 120 Å². The van der Waals surface area contributed by atoms with Crippen LogP contribution in [0.15, 0.2) is 24.3 Å². The summed E-state index contributed by atoms with van der Waals surface area (Å²) >= 11 is 0. The highest BCUT2D eigenvalue weighted by Gasteiger charge is 2.26. The minimum Gasteiger partial charge on any atom is -0.384 e. The lowest BCUT2D eigenvalue weighted by atomic mass is 10.1. The van der Waals surface area contributed by atoms with Crippen LogP contribution in [0.2, 0.25) is 0 Å². The summed E-state index contributed by atoms with van der Waals surface area (Å²) < 4.78 is 5.14. The zero-order chi connectivity index (χ0) is 14.5. The largest absolute Gasteiger partial charge is 0.384 e. The molecule has 20 heavy (non-hydrogen) atoms. The molecular formula is C15H23N3O2. The zero-order valence-corrected chi connectivity index (χ0v) is 12.1. The van der Waals surface area contributed by atoms with Gasteiger partial charge in [0.05, 0.1) is 6.61 Å². The molecule has 2 unspecified atom stereocenters. The Morgan fingerprint density at radius 1 is 1.60 bits per heavy atom. The molecular weight excluding hydrogens is 254 g/mol. The number of nitrogens with two attached hydrogens (primary N) is 1. The molecule has 0 saturated carbocycles. The van der Waals surface area contributed by atoms with Crippen molar-refractivity contribution < 1.29 is 9.53 Å². The topological polar surface area (TPSA) is 67.6 Å². The number of nitrogens with one attached hydrogen (secondary N) is 1. The van der Waals surface area contributed by atoms with Crippen LogP contribution in [0.25, 0.3) is 0 Å². The van der Waals surface area contributed by atoms with Crippen LogP contribution in [0.1, 0.15) is 24.9 Å². The molecule has 1 aromatic rings. The van der Waals surface area contributed by atoms with Gasteiger partial charge < -0.3 is 20.7 Å². The molecule has 2 amide bonds. The van der Waals surface area contributed by atoms with Crippen molar-refractivity contribution in [3.8, 4) is 0 Å². The van der Waals surface area contributed by atoms with E-state index in [0.29, 0.717) is 12.5 Å². The summed E-state index contributed by atoms with van der Waals surface area (Å²) in [5, 5.41) is 2.93. The molecule has 2 rings (SSSR count). The standard InChI is InChI=1S/C15H23N3O2/c1-11(16)13-4-3-5-14(8-13)17-15(19)18-7-6-12(9-18)10-20-2/h3-5,8,11-12H,6-7,9-10,16H2,1-2H3,(H,17,19). The van der Waals surface area contributed by atoms with E-state index in [1.807, 2.05) is 36.1 Å². The molecule has 2 atom stereocenters. The number of likely N-dealkylation sites (tertiary alicyclic amines) is 1. The Hall–Kier alpha value is -1.59. The van der Waals surface area contributed by atoms with E-state index in [4.69, 9.17) is 10.5 Å². The summed E-state index contributed by atoms with van der Waals surface area (Å²) in [5.74, 6) is 0.446. The molecule has 110 valence electrons. The Bertz CT molecular complexity index is 462. The van der Waals surface area contributed by atoms with Gasteiger partial charge in [0, 0.05) is 37.8 Å². The summed E-state index contributed by atoms with van der Waals surface area (Å²) in [6, 6.07) is 7.59. The second-order valence-corrected chi connectivity index (χ2v) is 5.40. The van der Waals surface area contributed by atoms with E-state index in [9.17, 15) is 4.79 Å². The minimum absolute atomic E-state index is 0.0373. The number of carbonyl (C=O) groups excluding carboxylic acids is 1. The predicted molar refractivity (Wildman–Crippen MR) is 79.6 cm³/mol. The lowest BCUT2D eigenvalue weighted by molar-refractivity contribution is 0.154. The van der Waals surface area contributed by atoms with Crippen LogP contribution in [0.5, 0.6) is 0 Å².